The summed E-state index contributed by atoms with van der Waals surface area (Å²) in [5.74, 6) is 0.979. The predicted octanol–water partition coefficient (Wildman–Crippen LogP) is 2.47. The van der Waals surface area contributed by atoms with Crippen molar-refractivity contribution in [3.05, 3.63) is 28.2 Å². The van der Waals surface area contributed by atoms with E-state index in [2.05, 4.69) is 37.9 Å². The van der Waals surface area contributed by atoms with Gasteiger partial charge in [-0.1, -0.05) is 15.9 Å². The highest BCUT2D eigenvalue weighted by molar-refractivity contribution is 9.10. The molecule has 1 aliphatic heterocycles. The first kappa shape index (κ1) is 13.4. The Morgan fingerprint density at radius 1 is 1.16 bits per heavy atom. The molecule has 1 aromatic rings. The van der Waals surface area contributed by atoms with Crippen LogP contribution in [0.1, 0.15) is 18.4 Å². The molecule has 0 amide bonds. The third-order valence-electron chi connectivity index (χ3n) is 4.14. The van der Waals surface area contributed by atoms with E-state index in [9.17, 15) is 5.11 Å². The molecule has 0 radical (unpaired) electrons. The van der Waals surface area contributed by atoms with Crippen LogP contribution in [0.15, 0.2) is 22.7 Å². The molecule has 2 aliphatic rings. The number of rotatable bonds is 4. The summed E-state index contributed by atoms with van der Waals surface area (Å²) in [4.78, 5) is 4.99. The minimum Gasteiger partial charge on any atom is -0.392 e. The summed E-state index contributed by atoms with van der Waals surface area (Å²) in [6.45, 7) is 5.84. The van der Waals surface area contributed by atoms with E-state index in [0.717, 1.165) is 42.1 Å². The van der Waals surface area contributed by atoms with Crippen LogP contribution in [-0.2, 0) is 6.61 Å². The van der Waals surface area contributed by atoms with E-state index >= 15 is 0 Å². The van der Waals surface area contributed by atoms with Crippen LogP contribution in [0.4, 0.5) is 5.69 Å². The number of nitrogens with zero attached hydrogens (tertiary/aromatic N) is 2. The molecule has 0 bridgehead atoms. The standard InChI is InChI=1S/C15H21BrN2O/c16-14-3-4-15(13(9-14)11-19)18-7-5-17(6-8-18)10-12-1-2-12/h3-4,9,12,19H,1-2,5-8,10-11H2. The van der Waals surface area contributed by atoms with Gasteiger partial charge in [-0.25, -0.2) is 0 Å². The molecule has 0 aromatic heterocycles. The minimum absolute atomic E-state index is 0.108. The van der Waals surface area contributed by atoms with Gasteiger partial charge in [0, 0.05) is 48.4 Å². The molecule has 1 saturated heterocycles. The van der Waals surface area contributed by atoms with E-state index in [1.807, 2.05) is 6.07 Å². The maximum absolute atomic E-state index is 9.49. The van der Waals surface area contributed by atoms with Crippen molar-refractivity contribution in [3.63, 3.8) is 0 Å². The van der Waals surface area contributed by atoms with Crippen molar-refractivity contribution < 1.29 is 5.11 Å². The average Bonchev–Trinajstić information content (AvgIpc) is 3.24. The lowest BCUT2D eigenvalue weighted by atomic mass is 10.1. The topological polar surface area (TPSA) is 26.7 Å². The Kier molecular flexibility index (Phi) is 4.10. The van der Waals surface area contributed by atoms with Crippen LogP contribution >= 0.6 is 15.9 Å². The Morgan fingerprint density at radius 3 is 2.53 bits per heavy atom. The number of anilines is 1. The molecule has 3 rings (SSSR count). The van der Waals surface area contributed by atoms with Gasteiger partial charge >= 0.3 is 0 Å². The van der Waals surface area contributed by atoms with E-state index in [4.69, 9.17) is 0 Å². The molecule has 104 valence electrons. The molecule has 1 heterocycles. The van der Waals surface area contributed by atoms with Crippen molar-refractivity contribution in [2.75, 3.05) is 37.6 Å². The zero-order valence-corrected chi connectivity index (χ0v) is 12.8. The summed E-state index contributed by atoms with van der Waals surface area (Å²) in [6.07, 6.45) is 2.86. The van der Waals surface area contributed by atoms with Crippen LogP contribution in [0, 0.1) is 5.92 Å². The van der Waals surface area contributed by atoms with Crippen LogP contribution in [-0.4, -0.2) is 42.7 Å². The van der Waals surface area contributed by atoms with Gasteiger partial charge in [0.25, 0.3) is 0 Å². The molecule has 1 N–H and O–H groups in total. The van der Waals surface area contributed by atoms with Crippen LogP contribution in [0.3, 0.4) is 0 Å². The van der Waals surface area contributed by atoms with E-state index in [1.54, 1.807) is 0 Å². The molecule has 1 aliphatic carbocycles. The highest BCUT2D eigenvalue weighted by Crippen LogP contribution is 2.31. The first-order chi connectivity index (χ1) is 9.26. The quantitative estimate of drug-likeness (QED) is 0.921. The number of benzene rings is 1. The van der Waals surface area contributed by atoms with Crippen LogP contribution in [0.25, 0.3) is 0 Å². The number of hydrogen-bond acceptors (Lipinski definition) is 3. The first-order valence-electron chi connectivity index (χ1n) is 7.13. The molecule has 0 unspecified atom stereocenters. The summed E-state index contributed by atoms with van der Waals surface area (Å²) in [7, 11) is 0. The lowest BCUT2D eigenvalue weighted by molar-refractivity contribution is 0.246. The SMILES string of the molecule is OCc1cc(Br)ccc1N1CCN(CC2CC2)CC1. The lowest BCUT2D eigenvalue weighted by Crippen LogP contribution is -2.47. The van der Waals surface area contributed by atoms with Crippen molar-refractivity contribution in [1.29, 1.82) is 0 Å². The first-order valence-corrected chi connectivity index (χ1v) is 7.92. The van der Waals surface area contributed by atoms with Crippen molar-refractivity contribution in [1.82, 2.24) is 4.90 Å². The Balaban J connectivity index is 1.63. The molecular weight excluding hydrogens is 304 g/mol. The largest absolute Gasteiger partial charge is 0.392 e. The Labute approximate surface area is 123 Å². The van der Waals surface area contributed by atoms with Crippen LogP contribution in [0.2, 0.25) is 0 Å². The van der Waals surface area contributed by atoms with Gasteiger partial charge in [0.15, 0.2) is 0 Å². The molecule has 0 spiro atoms. The minimum atomic E-state index is 0.108. The zero-order chi connectivity index (χ0) is 13.2. The van der Waals surface area contributed by atoms with Crippen molar-refractivity contribution in [2.45, 2.75) is 19.4 Å². The maximum atomic E-state index is 9.49. The normalized spacial score (nSPS) is 20.8. The van der Waals surface area contributed by atoms with E-state index in [-0.39, 0.29) is 6.61 Å². The number of hydrogen-bond donors (Lipinski definition) is 1. The monoisotopic (exact) mass is 324 g/mol. The van der Waals surface area contributed by atoms with Gasteiger partial charge in [-0.2, -0.15) is 0 Å². The Bertz CT molecular complexity index is 440. The predicted molar refractivity (Wildman–Crippen MR) is 81.4 cm³/mol. The van der Waals surface area contributed by atoms with Gasteiger partial charge in [0.2, 0.25) is 0 Å². The van der Waals surface area contributed by atoms with Crippen LogP contribution in [0.5, 0.6) is 0 Å². The van der Waals surface area contributed by atoms with Gasteiger partial charge < -0.3 is 10.0 Å². The van der Waals surface area contributed by atoms with Crippen molar-refractivity contribution >= 4 is 21.6 Å². The zero-order valence-electron chi connectivity index (χ0n) is 11.2. The fraction of sp³-hybridized carbons (Fsp3) is 0.600. The highest BCUT2D eigenvalue weighted by atomic mass is 79.9. The Morgan fingerprint density at radius 2 is 1.89 bits per heavy atom. The van der Waals surface area contributed by atoms with Gasteiger partial charge in [0.1, 0.15) is 0 Å². The smallest absolute Gasteiger partial charge is 0.0702 e. The van der Waals surface area contributed by atoms with Crippen molar-refractivity contribution in [2.24, 2.45) is 5.92 Å². The van der Waals surface area contributed by atoms with E-state index < -0.39 is 0 Å². The van der Waals surface area contributed by atoms with E-state index in [0.29, 0.717) is 0 Å². The molecule has 1 aromatic carbocycles. The number of aliphatic hydroxyl groups excluding tert-OH is 1. The Hall–Kier alpha value is -0.580. The summed E-state index contributed by atoms with van der Waals surface area (Å²) < 4.78 is 1.03. The second kappa shape index (κ2) is 5.81. The van der Waals surface area contributed by atoms with Gasteiger partial charge in [-0.3, -0.25) is 4.90 Å². The third kappa shape index (κ3) is 3.30. The lowest BCUT2D eigenvalue weighted by Gasteiger charge is -2.37. The summed E-state index contributed by atoms with van der Waals surface area (Å²) >= 11 is 3.47. The molecule has 4 heteroatoms. The van der Waals surface area contributed by atoms with Crippen molar-refractivity contribution in [3.8, 4) is 0 Å². The summed E-state index contributed by atoms with van der Waals surface area (Å²) in [6, 6.07) is 6.20. The number of halogens is 1. The summed E-state index contributed by atoms with van der Waals surface area (Å²) in [5, 5.41) is 9.49. The van der Waals surface area contributed by atoms with Gasteiger partial charge in [0.05, 0.1) is 6.61 Å². The van der Waals surface area contributed by atoms with Crippen LogP contribution < -0.4 is 4.90 Å². The molecule has 2 fully saturated rings. The second-order valence-corrected chi connectivity index (χ2v) is 6.58. The van der Waals surface area contributed by atoms with Gasteiger partial charge in [-0.05, 0) is 37.0 Å². The second-order valence-electron chi connectivity index (χ2n) is 5.66. The summed E-state index contributed by atoms with van der Waals surface area (Å²) in [5.41, 5.74) is 2.21. The fourth-order valence-corrected chi connectivity index (χ4v) is 3.23. The molecule has 3 nitrogen and oxygen atoms in total. The molecular formula is C15H21BrN2O. The average molecular weight is 325 g/mol. The highest BCUT2D eigenvalue weighted by Gasteiger charge is 2.26. The number of aliphatic hydroxyl groups is 1. The van der Waals surface area contributed by atoms with Gasteiger partial charge in [-0.15, -0.1) is 0 Å². The molecule has 19 heavy (non-hydrogen) atoms. The number of piperazine rings is 1. The van der Waals surface area contributed by atoms with E-state index in [1.165, 1.54) is 25.1 Å². The molecule has 1 saturated carbocycles. The maximum Gasteiger partial charge on any atom is 0.0702 e. The fourth-order valence-electron chi connectivity index (χ4n) is 2.83. The molecule has 0 atom stereocenters. The third-order valence-corrected chi connectivity index (χ3v) is 4.63.